The average molecular weight is 470 g/mol. The van der Waals surface area contributed by atoms with E-state index in [2.05, 4.69) is 76.4 Å². The third-order valence-electron chi connectivity index (χ3n) is 11.9. The number of hydrogen-bond donors (Lipinski definition) is 0. The minimum Gasteiger partial charge on any atom is -0.324 e. The number of nitrogens with zero attached hydrogens (tertiary/aromatic N) is 3. The lowest BCUT2D eigenvalue weighted by atomic mass is 9.47. The van der Waals surface area contributed by atoms with Gasteiger partial charge in [0.05, 0.1) is 0 Å². The second-order valence-electron chi connectivity index (χ2n) is 13.8. The van der Waals surface area contributed by atoms with Crippen LogP contribution < -0.4 is 0 Å². The maximum Gasteiger partial charge on any atom is 0.320 e. The first kappa shape index (κ1) is 24.7. The van der Waals surface area contributed by atoms with Gasteiger partial charge in [-0.25, -0.2) is 4.79 Å². The molecule has 1 unspecified atom stereocenters. The van der Waals surface area contributed by atoms with Crippen molar-refractivity contribution in [1.82, 2.24) is 14.7 Å². The number of allylic oxidation sites excluding steroid dienone is 1. The van der Waals surface area contributed by atoms with Crippen molar-refractivity contribution >= 4 is 6.03 Å². The Hall–Kier alpha value is -1.03. The Balaban J connectivity index is 1.34. The number of hydrogen-bond acceptors (Lipinski definition) is 2. The van der Waals surface area contributed by atoms with Crippen LogP contribution in [0.5, 0.6) is 0 Å². The first-order valence-electron chi connectivity index (χ1n) is 14.5. The predicted molar refractivity (Wildman–Crippen MR) is 141 cm³/mol. The molecule has 3 saturated carbocycles. The summed E-state index contributed by atoms with van der Waals surface area (Å²) >= 11 is 0. The van der Waals surface area contributed by atoms with E-state index in [1.54, 1.807) is 5.57 Å². The van der Waals surface area contributed by atoms with Gasteiger partial charge in [0, 0.05) is 37.8 Å². The summed E-state index contributed by atoms with van der Waals surface area (Å²) in [7, 11) is 4.43. The van der Waals surface area contributed by atoms with E-state index in [0.717, 1.165) is 42.6 Å². The normalized spacial score (nSPS) is 43.8. The van der Waals surface area contributed by atoms with Crippen molar-refractivity contribution in [2.24, 2.45) is 34.5 Å². The number of likely N-dealkylation sites (tertiary alicyclic amines) is 1. The summed E-state index contributed by atoms with van der Waals surface area (Å²) in [5.41, 5.74) is 2.65. The fraction of sp³-hybridized carbons (Fsp3) is 0.900. The monoisotopic (exact) mass is 469 g/mol. The molecule has 0 N–H and O–H groups in total. The van der Waals surface area contributed by atoms with Crippen LogP contribution in [0.25, 0.3) is 0 Å². The lowest BCUT2D eigenvalue weighted by Crippen LogP contribution is -2.55. The number of urea groups is 1. The molecule has 0 radical (unpaired) electrons. The lowest BCUT2D eigenvalue weighted by molar-refractivity contribution is -0.0431. The van der Waals surface area contributed by atoms with E-state index < -0.39 is 0 Å². The number of fused-ring (bicyclic) bond motifs is 4. The molecule has 4 aliphatic carbocycles. The van der Waals surface area contributed by atoms with Gasteiger partial charge in [0.15, 0.2) is 0 Å². The van der Waals surface area contributed by atoms with Gasteiger partial charge in [-0.1, -0.05) is 18.6 Å². The SMILES string of the molecule is CC(C)N(C(=O)N(C)[C@H]1CC[C@@]2(C)C(=CC[C@@H]3C2CC[C@]24CN(C)[C@@H](C)[C@H]2CC[C@@H]34)C1)C(C)C. The Kier molecular flexibility index (Phi) is 6.18. The minimum atomic E-state index is 0.212. The van der Waals surface area contributed by atoms with Crippen molar-refractivity contribution in [3.8, 4) is 0 Å². The summed E-state index contributed by atoms with van der Waals surface area (Å²) in [6, 6.07) is 1.80. The first-order chi connectivity index (χ1) is 16.0. The standard InChI is InChI=1S/C30H51N3O/c1-19(2)33(20(3)4)28(34)32(8)23-13-15-29(6)22(17-23)9-10-24-26(29)14-16-30-18-31(7)21(5)25(30)11-12-27(24)30/h9,19-21,23-27H,10-18H2,1-8H3/t21-,23-,24+,25+,26?,27-,29-,30-/m0/s1. The van der Waals surface area contributed by atoms with Crippen LogP contribution in [0.1, 0.15) is 92.9 Å². The molecule has 4 heteroatoms. The van der Waals surface area contributed by atoms with E-state index in [0.29, 0.717) is 16.9 Å². The average Bonchev–Trinajstić information content (AvgIpc) is 3.26. The van der Waals surface area contributed by atoms with Crippen LogP contribution in [-0.2, 0) is 0 Å². The zero-order chi connectivity index (χ0) is 24.6. The summed E-state index contributed by atoms with van der Waals surface area (Å²) in [6.45, 7) is 15.0. The lowest BCUT2D eigenvalue weighted by Gasteiger charge is -2.58. The van der Waals surface area contributed by atoms with Crippen LogP contribution in [0, 0.1) is 34.5 Å². The molecule has 4 nitrogen and oxygen atoms in total. The van der Waals surface area contributed by atoms with Crippen molar-refractivity contribution in [1.29, 1.82) is 0 Å². The zero-order valence-corrected chi connectivity index (χ0v) is 23.3. The zero-order valence-electron chi connectivity index (χ0n) is 23.3. The summed E-state index contributed by atoms with van der Waals surface area (Å²) in [4.78, 5) is 20.2. The van der Waals surface area contributed by atoms with Crippen LogP contribution >= 0.6 is 0 Å². The molecule has 8 atom stereocenters. The molecule has 34 heavy (non-hydrogen) atoms. The van der Waals surface area contributed by atoms with E-state index in [1.165, 1.54) is 45.1 Å². The molecule has 0 aromatic heterocycles. The van der Waals surface area contributed by atoms with Gasteiger partial charge in [-0.05, 0) is 128 Å². The van der Waals surface area contributed by atoms with Crippen molar-refractivity contribution in [3.63, 3.8) is 0 Å². The molecule has 5 rings (SSSR count). The quantitative estimate of drug-likeness (QED) is 0.446. The van der Waals surface area contributed by atoms with Gasteiger partial charge < -0.3 is 14.7 Å². The smallest absolute Gasteiger partial charge is 0.320 e. The highest BCUT2D eigenvalue weighted by atomic mass is 16.2. The Bertz CT molecular complexity index is 827. The molecule has 1 aliphatic heterocycles. The molecular formula is C30H51N3O. The van der Waals surface area contributed by atoms with Crippen molar-refractivity contribution in [2.45, 2.75) is 117 Å². The number of carbonyl (C=O) groups excluding carboxylic acids is 1. The fourth-order valence-electron chi connectivity index (χ4n) is 10.2. The minimum absolute atomic E-state index is 0.212. The highest BCUT2D eigenvalue weighted by Crippen LogP contribution is 2.68. The van der Waals surface area contributed by atoms with Gasteiger partial charge in [-0.3, -0.25) is 0 Å². The Morgan fingerprint density at radius 3 is 2.38 bits per heavy atom. The first-order valence-corrected chi connectivity index (χ1v) is 14.5. The maximum absolute atomic E-state index is 13.4. The van der Waals surface area contributed by atoms with E-state index >= 15 is 0 Å². The van der Waals surface area contributed by atoms with Gasteiger partial charge in [0.25, 0.3) is 0 Å². The van der Waals surface area contributed by atoms with E-state index in [4.69, 9.17) is 0 Å². The van der Waals surface area contributed by atoms with Crippen LogP contribution in [-0.4, -0.2) is 65.5 Å². The topological polar surface area (TPSA) is 26.8 Å². The van der Waals surface area contributed by atoms with Crippen molar-refractivity contribution < 1.29 is 4.79 Å². The molecular weight excluding hydrogens is 418 g/mol. The van der Waals surface area contributed by atoms with Crippen LogP contribution in [0.3, 0.4) is 0 Å². The largest absolute Gasteiger partial charge is 0.324 e. The third kappa shape index (κ3) is 3.44. The predicted octanol–water partition coefficient (Wildman–Crippen LogP) is 6.42. The number of rotatable bonds is 3. The molecule has 192 valence electrons. The number of carbonyl (C=O) groups is 1. The summed E-state index contributed by atoms with van der Waals surface area (Å²) in [5, 5.41) is 0. The van der Waals surface area contributed by atoms with Crippen LogP contribution in [0.15, 0.2) is 11.6 Å². The molecule has 1 spiro atoms. The molecule has 0 aromatic rings. The molecule has 5 aliphatic rings. The molecule has 2 amide bonds. The second kappa shape index (κ2) is 8.53. The van der Waals surface area contributed by atoms with Gasteiger partial charge in [0.2, 0.25) is 0 Å². The van der Waals surface area contributed by atoms with Gasteiger partial charge >= 0.3 is 6.03 Å². The van der Waals surface area contributed by atoms with Gasteiger partial charge in [-0.15, -0.1) is 0 Å². The molecule has 0 aromatic carbocycles. The Labute approximate surface area is 209 Å². The summed E-state index contributed by atoms with van der Waals surface area (Å²) < 4.78 is 0. The fourth-order valence-corrected chi connectivity index (χ4v) is 10.2. The molecule has 0 bridgehead atoms. The Morgan fingerprint density at radius 2 is 1.71 bits per heavy atom. The van der Waals surface area contributed by atoms with Crippen LogP contribution in [0.2, 0.25) is 0 Å². The number of amides is 2. The molecule has 1 heterocycles. The van der Waals surface area contributed by atoms with Crippen molar-refractivity contribution in [2.75, 3.05) is 20.6 Å². The van der Waals surface area contributed by atoms with Crippen LogP contribution in [0.4, 0.5) is 4.79 Å². The van der Waals surface area contributed by atoms with E-state index in [-0.39, 0.29) is 18.1 Å². The van der Waals surface area contributed by atoms with Gasteiger partial charge in [0.1, 0.15) is 0 Å². The van der Waals surface area contributed by atoms with E-state index in [9.17, 15) is 4.79 Å². The maximum atomic E-state index is 13.4. The third-order valence-corrected chi connectivity index (χ3v) is 11.9. The highest BCUT2D eigenvalue weighted by Gasteiger charge is 2.64. The Morgan fingerprint density at radius 1 is 1.03 bits per heavy atom. The summed E-state index contributed by atoms with van der Waals surface area (Å²) in [6.07, 6.45) is 13.3. The van der Waals surface area contributed by atoms with Crippen molar-refractivity contribution in [3.05, 3.63) is 11.6 Å². The van der Waals surface area contributed by atoms with E-state index in [1.807, 2.05) is 0 Å². The van der Waals surface area contributed by atoms with Gasteiger partial charge in [-0.2, -0.15) is 0 Å². The highest BCUT2D eigenvalue weighted by molar-refractivity contribution is 5.75. The molecule has 4 fully saturated rings. The second-order valence-corrected chi connectivity index (χ2v) is 13.8. The molecule has 1 saturated heterocycles. The summed E-state index contributed by atoms with van der Waals surface area (Å²) in [5.74, 6) is 3.61.